The molecule has 0 bridgehead atoms. The molecule has 94 valence electrons. The molecule has 1 aliphatic heterocycles. The maximum atomic E-state index is 3.67. The van der Waals surface area contributed by atoms with Gasteiger partial charge in [0.25, 0.3) is 0 Å². The van der Waals surface area contributed by atoms with E-state index in [1.54, 1.807) is 0 Å². The van der Waals surface area contributed by atoms with Crippen molar-refractivity contribution in [3.63, 3.8) is 0 Å². The van der Waals surface area contributed by atoms with Gasteiger partial charge in [0, 0.05) is 30.9 Å². The fraction of sp³-hybridized carbons (Fsp3) is 0.600. The summed E-state index contributed by atoms with van der Waals surface area (Å²) in [6, 6.07) is 7.98. The van der Waals surface area contributed by atoms with Gasteiger partial charge in [-0.25, -0.2) is 0 Å². The minimum absolute atomic E-state index is 0.610. The monoisotopic (exact) mass is 232 g/mol. The van der Waals surface area contributed by atoms with Crippen molar-refractivity contribution in [2.24, 2.45) is 0 Å². The maximum Gasteiger partial charge on any atom is 0.0400 e. The van der Waals surface area contributed by atoms with Gasteiger partial charge in [-0.3, -0.25) is 4.90 Å². The zero-order valence-corrected chi connectivity index (χ0v) is 11.5. The molecule has 0 radical (unpaired) electrons. The van der Waals surface area contributed by atoms with E-state index in [1.165, 1.54) is 36.3 Å². The summed E-state index contributed by atoms with van der Waals surface area (Å²) in [4.78, 5) is 2.54. The molecule has 1 N–H and O–H groups in total. The molecular weight excluding hydrogens is 208 g/mol. The van der Waals surface area contributed by atoms with Crippen molar-refractivity contribution in [3.8, 4) is 0 Å². The Bertz CT molecular complexity index is 364. The smallest absolute Gasteiger partial charge is 0.0400 e. The van der Waals surface area contributed by atoms with Gasteiger partial charge < -0.3 is 5.32 Å². The van der Waals surface area contributed by atoms with E-state index in [-0.39, 0.29) is 0 Å². The first-order valence-corrected chi connectivity index (χ1v) is 6.63. The Morgan fingerprint density at radius 1 is 1.18 bits per heavy atom. The molecule has 2 heteroatoms. The van der Waals surface area contributed by atoms with Crippen molar-refractivity contribution in [2.45, 2.75) is 46.2 Å². The van der Waals surface area contributed by atoms with Crippen molar-refractivity contribution in [1.29, 1.82) is 0 Å². The third-order valence-electron chi connectivity index (χ3n) is 3.54. The van der Waals surface area contributed by atoms with E-state index in [1.807, 2.05) is 0 Å². The molecule has 0 aliphatic carbocycles. The van der Waals surface area contributed by atoms with Gasteiger partial charge >= 0.3 is 0 Å². The highest BCUT2D eigenvalue weighted by Gasteiger charge is 2.23. The van der Waals surface area contributed by atoms with Crippen LogP contribution in [-0.4, -0.2) is 30.1 Å². The van der Waals surface area contributed by atoms with Crippen LogP contribution in [0.5, 0.6) is 0 Å². The lowest BCUT2D eigenvalue weighted by atomic mass is 10.1. The minimum Gasteiger partial charge on any atom is -0.381 e. The van der Waals surface area contributed by atoms with Crippen molar-refractivity contribution in [3.05, 3.63) is 29.3 Å². The fourth-order valence-electron chi connectivity index (χ4n) is 2.67. The molecule has 0 aromatic heterocycles. The van der Waals surface area contributed by atoms with Gasteiger partial charge in [0.2, 0.25) is 0 Å². The van der Waals surface area contributed by atoms with Crippen molar-refractivity contribution < 1.29 is 0 Å². The number of nitrogens with one attached hydrogen (secondary N) is 1. The average Bonchev–Trinajstić information content (AvgIpc) is 2.64. The van der Waals surface area contributed by atoms with Gasteiger partial charge in [0.1, 0.15) is 0 Å². The van der Waals surface area contributed by atoms with Crippen LogP contribution in [0, 0.1) is 13.8 Å². The highest BCUT2D eigenvalue weighted by Crippen LogP contribution is 2.19. The van der Waals surface area contributed by atoms with Crippen molar-refractivity contribution in [1.82, 2.24) is 4.90 Å². The van der Waals surface area contributed by atoms with Crippen LogP contribution in [-0.2, 0) is 0 Å². The van der Waals surface area contributed by atoms with Gasteiger partial charge in [-0.05, 0) is 57.4 Å². The normalized spacial score (nSPS) is 21.1. The van der Waals surface area contributed by atoms with E-state index in [0.717, 1.165) is 0 Å². The zero-order valence-electron chi connectivity index (χ0n) is 11.5. The predicted molar refractivity (Wildman–Crippen MR) is 74.7 cm³/mol. The molecule has 0 spiro atoms. The van der Waals surface area contributed by atoms with E-state index in [4.69, 9.17) is 0 Å². The van der Waals surface area contributed by atoms with Crippen LogP contribution in [0.1, 0.15) is 31.4 Å². The summed E-state index contributed by atoms with van der Waals surface area (Å²) >= 11 is 0. The Morgan fingerprint density at radius 3 is 2.35 bits per heavy atom. The second kappa shape index (κ2) is 5.09. The summed E-state index contributed by atoms with van der Waals surface area (Å²) < 4.78 is 0. The largest absolute Gasteiger partial charge is 0.381 e. The van der Waals surface area contributed by atoms with E-state index in [9.17, 15) is 0 Å². The summed E-state index contributed by atoms with van der Waals surface area (Å²) in [6.45, 7) is 11.3. The number of anilines is 1. The van der Waals surface area contributed by atoms with Crippen LogP contribution in [0.3, 0.4) is 0 Å². The first-order valence-electron chi connectivity index (χ1n) is 6.63. The standard InChI is InChI=1S/C15H24N2/c1-11(2)17-6-5-14(10-17)16-15-8-12(3)7-13(4)9-15/h7-9,11,14,16H,5-6,10H2,1-4H3. The Balaban J connectivity index is 1.98. The summed E-state index contributed by atoms with van der Waals surface area (Å²) in [5, 5.41) is 3.67. The van der Waals surface area contributed by atoms with E-state index in [0.29, 0.717) is 12.1 Å². The van der Waals surface area contributed by atoms with Crippen LogP contribution in [0.15, 0.2) is 18.2 Å². The highest BCUT2D eigenvalue weighted by atomic mass is 15.2. The number of aryl methyl sites for hydroxylation is 2. The third-order valence-corrected chi connectivity index (χ3v) is 3.54. The van der Waals surface area contributed by atoms with Crippen LogP contribution in [0.25, 0.3) is 0 Å². The second-order valence-electron chi connectivity index (χ2n) is 5.60. The molecule has 1 atom stereocenters. The lowest BCUT2D eigenvalue weighted by Crippen LogP contribution is -2.31. The van der Waals surface area contributed by atoms with Crippen LogP contribution >= 0.6 is 0 Å². The van der Waals surface area contributed by atoms with Gasteiger partial charge in [-0.1, -0.05) is 6.07 Å². The van der Waals surface area contributed by atoms with E-state index in [2.05, 4.69) is 56.1 Å². The third kappa shape index (κ3) is 3.22. The molecule has 17 heavy (non-hydrogen) atoms. The fourth-order valence-corrected chi connectivity index (χ4v) is 2.67. The summed E-state index contributed by atoms with van der Waals surface area (Å²) in [7, 11) is 0. The number of hydrogen-bond donors (Lipinski definition) is 1. The molecule has 1 heterocycles. The average molecular weight is 232 g/mol. The number of rotatable bonds is 3. The molecular formula is C15H24N2. The molecule has 1 aliphatic rings. The maximum absolute atomic E-state index is 3.67. The lowest BCUT2D eigenvalue weighted by molar-refractivity contribution is 0.274. The summed E-state index contributed by atoms with van der Waals surface area (Å²) in [5.74, 6) is 0. The number of benzene rings is 1. The molecule has 0 saturated carbocycles. The number of likely N-dealkylation sites (tertiary alicyclic amines) is 1. The first-order chi connectivity index (χ1) is 8.04. The van der Waals surface area contributed by atoms with E-state index < -0.39 is 0 Å². The zero-order chi connectivity index (χ0) is 12.4. The second-order valence-corrected chi connectivity index (χ2v) is 5.60. The molecule has 1 unspecified atom stereocenters. The summed E-state index contributed by atoms with van der Waals surface area (Å²) in [5.41, 5.74) is 3.95. The molecule has 1 saturated heterocycles. The minimum atomic E-state index is 0.610. The van der Waals surface area contributed by atoms with Crippen LogP contribution in [0.2, 0.25) is 0 Å². The molecule has 2 nitrogen and oxygen atoms in total. The first kappa shape index (κ1) is 12.4. The number of hydrogen-bond acceptors (Lipinski definition) is 2. The molecule has 0 amide bonds. The molecule has 1 aromatic rings. The summed E-state index contributed by atoms with van der Waals surface area (Å²) in [6.07, 6.45) is 1.26. The van der Waals surface area contributed by atoms with Gasteiger partial charge in [-0.15, -0.1) is 0 Å². The quantitative estimate of drug-likeness (QED) is 0.861. The molecule has 1 aromatic carbocycles. The van der Waals surface area contributed by atoms with Crippen molar-refractivity contribution in [2.75, 3.05) is 18.4 Å². The predicted octanol–water partition coefficient (Wildman–Crippen LogP) is 3.20. The molecule has 2 rings (SSSR count). The Kier molecular flexibility index (Phi) is 3.72. The van der Waals surface area contributed by atoms with Gasteiger partial charge in [0.15, 0.2) is 0 Å². The van der Waals surface area contributed by atoms with Crippen molar-refractivity contribution >= 4 is 5.69 Å². The number of nitrogens with zero attached hydrogens (tertiary/aromatic N) is 1. The topological polar surface area (TPSA) is 15.3 Å². The van der Waals surface area contributed by atoms with Crippen LogP contribution in [0.4, 0.5) is 5.69 Å². The molecule has 1 fully saturated rings. The van der Waals surface area contributed by atoms with E-state index >= 15 is 0 Å². The Hall–Kier alpha value is -1.02. The lowest BCUT2D eigenvalue weighted by Gasteiger charge is -2.21. The Morgan fingerprint density at radius 2 is 1.82 bits per heavy atom. The SMILES string of the molecule is Cc1cc(C)cc(NC2CCN(C(C)C)C2)c1. The van der Waals surface area contributed by atoms with Crippen LogP contribution < -0.4 is 5.32 Å². The highest BCUT2D eigenvalue weighted by molar-refractivity contribution is 5.49. The van der Waals surface area contributed by atoms with Gasteiger partial charge in [0.05, 0.1) is 0 Å². The Labute approximate surface area is 105 Å². The van der Waals surface area contributed by atoms with Gasteiger partial charge in [-0.2, -0.15) is 0 Å².